The fourth-order valence-corrected chi connectivity index (χ4v) is 3.90. The van der Waals surface area contributed by atoms with Crippen LogP contribution >= 0.6 is 23.2 Å². The minimum absolute atomic E-state index is 0.0147. The van der Waals surface area contributed by atoms with E-state index in [4.69, 9.17) is 27.9 Å². The van der Waals surface area contributed by atoms with E-state index in [2.05, 4.69) is 5.18 Å². The molecule has 0 N–H and O–H groups in total. The van der Waals surface area contributed by atoms with Crippen molar-refractivity contribution in [2.45, 2.75) is 4.90 Å². The molecule has 1 heterocycles. The van der Waals surface area contributed by atoms with Crippen molar-refractivity contribution in [1.82, 2.24) is 4.31 Å². The van der Waals surface area contributed by atoms with Crippen molar-refractivity contribution in [3.63, 3.8) is 0 Å². The van der Waals surface area contributed by atoms with Crippen LogP contribution in [0.2, 0.25) is 10.0 Å². The highest BCUT2D eigenvalue weighted by molar-refractivity contribution is 7.89. The summed E-state index contributed by atoms with van der Waals surface area (Å²) in [6.45, 7) is 1.13. The van der Waals surface area contributed by atoms with Gasteiger partial charge >= 0.3 is 0 Å². The molecule has 1 aliphatic rings. The Morgan fingerprint density at radius 1 is 1.16 bits per heavy atom. The summed E-state index contributed by atoms with van der Waals surface area (Å²) in [4.78, 5) is 10.4. The van der Waals surface area contributed by atoms with Crippen LogP contribution in [0.4, 0.5) is 5.69 Å². The number of sulfonamides is 1. The van der Waals surface area contributed by atoms with Crippen LogP contribution in [0.3, 0.4) is 0 Å². The first-order chi connectivity index (χ1) is 8.96. The summed E-state index contributed by atoms with van der Waals surface area (Å²) in [6.07, 6.45) is 0. The molecule has 6 nitrogen and oxygen atoms in total. The van der Waals surface area contributed by atoms with E-state index in [1.807, 2.05) is 0 Å². The highest BCUT2D eigenvalue weighted by Gasteiger charge is 2.29. The number of ether oxygens (including phenoxy) is 1. The van der Waals surface area contributed by atoms with Crippen LogP contribution in [0.1, 0.15) is 0 Å². The Bertz CT molecular complexity index is 600. The van der Waals surface area contributed by atoms with Gasteiger partial charge in [0.25, 0.3) is 0 Å². The second-order valence-corrected chi connectivity index (χ2v) is 6.56. The van der Waals surface area contributed by atoms with E-state index < -0.39 is 10.0 Å². The molecule has 1 saturated heterocycles. The van der Waals surface area contributed by atoms with E-state index in [1.165, 1.54) is 10.4 Å². The predicted molar refractivity (Wildman–Crippen MR) is 71.5 cm³/mol. The Morgan fingerprint density at radius 2 is 1.79 bits per heavy atom. The smallest absolute Gasteiger partial charge is 0.244 e. The molecule has 1 aromatic rings. The number of hydrogen-bond donors (Lipinski definition) is 0. The fourth-order valence-electron chi connectivity index (χ4n) is 1.71. The molecule has 1 fully saturated rings. The average molecular weight is 325 g/mol. The monoisotopic (exact) mass is 324 g/mol. The Balaban J connectivity index is 2.47. The van der Waals surface area contributed by atoms with Crippen molar-refractivity contribution >= 4 is 38.9 Å². The second kappa shape index (κ2) is 5.72. The molecule has 0 bridgehead atoms. The lowest BCUT2D eigenvalue weighted by atomic mass is 10.3. The van der Waals surface area contributed by atoms with Crippen LogP contribution in [0.15, 0.2) is 22.2 Å². The minimum Gasteiger partial charge on any atom is -0.379 e. The Kier molecular flexibility index (Phi) is 4.42. The summed E-state index contributed by atoms with van der Waals surface area (Å²) in [5.41, 5.74) is -0.155. The molecule has 0 aromatic heterocycles. The molecule has 0 spiro atoms. The number of morpholine rings is 1. The van der Waals surface area contributed by atoms with Crippen LogP contribution in [0.5, 0.6) is 0 Å². The molecular formula is C10H10Cl2N2O4S. The Morgan fingerprint density at radius 3 is 2.37 bits per heavy atom. The van der Waals surface area contributed by atoms with Gasteiger partial charge in [0.05, 0.1) is 23.3 Å². The van der Waals surface area contributed by atoms with Crippen LogP contribution in [0.25, 0.3) is 0 Å². The number of nitroso groups, excluding NO2 is 1. The largest absolute Gasteiger partial charge is 0.379 e. The molecule has 0 aliphatic carbocycles. The van der Waals surface area contributed by atoms with Crippen LogP contribution in [-0.2, 0) is 14.8 Å². The van der Waals surface area contributed by atoms with E-state index in [0.29, 0.717) is 13.2 Å². The van der Waals surface area contributed by atoms with Crippen LogP contribution in [0, 0.1) is 4.91 Å². The van der Waals surface area contributed by atoms with Gasteiger partial charge in [-0.3, -0.25) is 0 Å². The van der Waals surface area contributed by atoms with E-state index in [0.717, 1.165) is 6.07 Å². The summed E-state index contributed by atoms with van der Waals surface area (Å²) in [6, 6.07) is 2.29. The molecule has 0 saturated carbocycles. The maximum absolute atomic E-state index is 12.4. The standard InChI is InChI=1S/C10H10Cl2N2O4S/c11-7-5-8(12)10(6-9(7)13-15)19(16,17)14-1-3-18-4-2-14/h5-6H,1-4H2. The number of rotatable bonds is 3. The molecule has 0 unspecified atom stereocenters. The molecule has 9 heteroatoms. The number of benzene rings is 1. The minimum atomic E-state index is -3.78. The molecular weight excluding hydrogens is 315 g/mol. The van der Waals surface area contributed by atoms with Gasteiger partial charge < -0.3 is 4.74 Å². The summed E-state index contributed by atoms with van der Waals surface area (Å²) >= 11 is 11.6. The first kappa shape index (κ1) is 14.7. The Hall–Kier alpha value is -0.730. The summed E-state index contributed by atoms with van der Waals surface area (Å²) in [5, 5.41) is 2.66. The summed E-state index contributed by atoms with van der Waals surface area (Å²) in [7, 11) is -3.78. The van der Waals surface area contributed by atoms with Gasteiger partial charge in [-0.15, -0.1) is 4.91 Å². The third kappa shape index (κ3) is 2.90. The van der Waals surface area contributed by atoms with E-state index in [-0.39, 0.29) is 33.7 Å². The molecule has 1 aliphatic heterocycles. The lowest BCUT2D eigenvalue weighted by Gasteiger charge is -2.26. The summed E-state index contributed by atoms with van der Waals surface area (Å²) in [5.74, 6) is 0. The first-order valence-corrected chi connectivity index (χ1v) is 7.56. The second-order valence-electron chi connectivity index (χ2n) is 3.84. The van der Waals surface area contributed by atoms with Crippen molar-refractivity contribution < 1.29 is 13.2 Å². The predicted octanol–water partition coefficient (Wildman–Crippen LogP) is 2.41. The summed E-state index contributed by atoms with van der Waals surface area (Å²) < 4.78 is 31.1. The van der Waals surface area contributed by atoms with Crippen molar-refractivity contribution in [1.29, 1.82) is 0 Å². The highest BCUT2D eigenvalue weighted by Crippen LogP contribution is 2.35. The topological polar surface area (TPSA) is 76.0 Å². The molecule has 0 amide bonds. The van der Waals surface area contributed by atoms with Gasteiger partial charge in [-0.2, -0.15) is 4.31 Å². The highest BCUT2D eigenvalue weighted by atomic mass is 35.5. The van der Waals surface area contributed by atoms with Crippen LogP contribution < -0.4 is 0 Å². The Labute approximate surface area is 120 Å². The van der Waals surface area contributed by atoms with E-state index in [1.54, 1.807) is 0 Å². The van der Waals surface area contributed by atoms with Gasteiger partial charge in [0, 0.05) is 13.1 Å². The molecule has 2 rings (SSSR count). The molecule has 0 atom stereocenters. The zero-order valence-corrected chi connectivity index (χ0v) is 12.0. The van der Waals surface area contributed by atoms with Gasteiger partial charge in [-0.05, 0) is 17.3 Å². The lowest BCUT2D eigenvalue weighted by Crippen LogP contribution is -2.40. The van der Waals surface area contributed by atoms with Gasteiger partial charge in [-0.25, -0.2) is 8.42 Å². The van der Waals surface area contributed by atoms with E-state index in [9.17, 15) is 13.3 Å². The van der Waals surface area contributed by atoms with Crippen molar-refractivity contribution in [2.75, 3.05) is 26.3 Å². The first-order valence-electron chi connectivity index (χ1n) is 5.37. The van der Waals surface area contributed by atoms with Gasteiger partial charge in [-0.1, -0.05) is 23.2 Å². The molecule has 19 heavy (non-hydrogen) atoms. The zero-order valence-electron chi connectivity index (χ0n) is 9.67. The van der Waals surface area contributed by atoms with E-state index >= 15 is 0 Å². The molecule has 104 valence electrons. The molecule has 1 aromatic carbocycles. The fraction of sp³-hybridized carbons (Fsp3) is 0.400. The van der Waals surface area contributed by atoms with Gasteiger partial charge in [0.1, 0.15) is 10.6 Å². The SMILES string of the molecule is O=Nc1cc(S(=O)(=O)N2CCOCC2)c(Cl)cc1Cl. The zero-order chi connectivity index (χ0) is 14.0. The lowest BCUT2D eigenvalue weighted by molar-refractivity contribution is 0.0730. The van der Waals surface area contributed by atoms with Crippen molar-refractivity contribution in [3.8, 4) is 0 Å². The number of nitrogens with zero attached hydrogens (tertiary/aromatic N) is 2. The number of halogens is 2. The van der Waals surface area contributed by atoms with Gasteiger partial charge in [0.15, 0.2) is 0 Å². The normalized spacial score (nSPS) is 17.4. The maximum atomic E-state index is 12.4. The third-order valence-corrected chi connectivity index (χ3v) is 5.35. The quantitative estimate of drug-likeness (QED) is 0.800. The average Bonchev–Trinajstić information content (AvgIpc) is 2.39. The van der Waals surface area contributed by atoms with Crippen molar-refractivity contribution in [2.24, 2.45) is 5.18 Å². The van der Waals surface area contributed by atoms with Gasteiger partial charge in [0.2, 0.25) is 10.0 Å². The molecule has 0 radical (unpaired) electrons. The maximum Gasteiger partial charge on any atom is 0.244 e. The third-order valence-electron chi connectivity index (χ3n) is 2.69. The number of hydrogen-bond acceptors (Lipinski definition) is 5. The van der Waals surface area contributed by atoms with Crippen LogP contribution in [-0.4, -0.2) is 39.0 Å². The van der Waals surface area contributed by atoms with Crippen molar-refractivity contribution in [3.05, 3.63) is 27.1 Å².